The molecule has 0 aliphatic heterocycles. The van der Waals surface area contributed by atoms with Crippen LogP contribution in [0, 0.1) is 0 Å². The molecule has 10 heteroatoms. The van der Waals surface area contributed by atoms with E-state index in [1.807, 2.05) is 56.3 Å². The summed E-state index contributed by atoms with van der Waals surface area (Å²) >= 11 is 0. The zero-order valence-electron chi connectivity index (χ0n) is 24.3. The zero-order chi connectivity index (χ0) is 30.1. The monoisotopic (exact) mass is 570 g/mol. The summed E-state index contributed by atoms with van der Waals surface area (Å²) in [6.07, 6.45) is 6.16. The van der Waals surface area contributed by atoms with Gasteiger partial charge in [-0.25, -0.2) is 0 Å². The minimum Gasteiger partial charge on any atom is -0.490 e. The highest BCUT2D eigenvalue weighted by Crippen LogP contribution is 2.38. The minimum atomic E-state index is -0.693. The van der Waals surface area contributed by atoms with E-state index in [0.29, 0.717) is 60.9 Å². The van der Waals surface area contributed by atoms with Crippen LogP contribution in [0.4, 0.5) is 11.4 Å². The van der Waals surface area contributed by atoms with Crippen LogP contribution in [-0.2, 0) is 35.4 Å². The standard InChI is InChI=1S/C32H38N6O4/c1-4-23-21(18-37-32(40)25(33)13-20-9-8-12-35-17-20)10-7-11-26(23)38-31-22(14-30(34)39)19-36-27-16-29(42-6-3)28(41-5-2)15-24(27)31/h7-12,15-17,19,25H,4-6,13-14,18,33H2,1-3H3,(H2,34,39)(H,36,38)(H,37,40)/t25-/m1/s1. The number of anilines is 2. The number of fused-ring (bicyclic) bond motifs is 1. The number of amides is 2. The fraction of sp³-hybridized carbons (Fsp3) is 0.312. The van der Waals surface area contributed by atoms with E-state index in [-0.39, 0.29) is 12.3 Å². The summed E-state index contributed by atoms with van der Waals surface area (Å²) in [5.74, 6) is 0.478. The van der Waals surface area contributed by atoms with Crippen LogP contribution in [0.5, 0.6) is 11.5 Å². The lowest BCUT2D eigenvalue weighted by atomic mass is 10.0. The van der Waals surface area contributed by atoms with Crippen LogP contribution in [0.3, 0.4) is 0 Å². The van der Waals surface area contributed by atoms with Crippen molar-refractivity contribution in [3.05, 3.63) is 83.3 Å². The Hall–Kier alpha value is -4.70. The smallest absolute Gasteiger partial charge is 0.237 e. The van der Waals surface area contributed by atoms with E-state index in [2.05, 4.69) is 27.5 Å². The van der Waals surface area contributed by atoms with Gasteiger partial charge in [0.1, 0.15) is 0 Å². The van der Waals surface area contributed by atoms with Crippen LogP contribution in [0.25, 0.3) is 10.9 Å². The second kappa shape index (κ2) is 14.3. The second-order valence-corrected chi connectivity index (χ2v) is 9.80. The van der Waals surface area contributed by atoms with Crippen molar-refractivity contribution in [1.29, 1.82) is 0 Å². The molecule has 0 saturated carbocycles. The first kappa shape index (κ1) is 30.3. The third-order valence-corrected chi connectivity index (χ3v) is 6.83. The fourth-order valence-electron chi connectivity index (χ4n) is 4.90. The Morgan fingerprint density at radius 1 is 0.976 bits per heavy atom. The van der Waals surface area contributed by atoms with Gasteiger partial charge in [-0.05, 0) is 61.6 Å². The van der Waals surface area contributed by atoms with Gasteiger partial charge in [0.25, 0.3) is 0 Å². The van der Waals surface area contributed by atoms with E-state index in [1.54, 1.807) is 18.6 Å². The highest BCUT2D eigenvalue weighted by molar-refractivity contribution is 5.98. The molecule has 4 rings (SSSR count). The number of benzene rings is 2. The van der Waals surface area contributed by atoms with Crippen LogP contribution in [0.1, 0.15) is 43.0 Å². The molecule has 0 spiro atoms. The summed E-state index contributed by atoms with van der Waals surface area (Å²) in [7, 11) is 0. The van der Waals surface area contributed by atoms with E-state index in [4.69, 9.17) is 20.9 Å². The molecule has 0 unspecified atom stereocenters. The van der Waals surface area contributed by atoms with Crippen molar-refractivity contribution in [2.45, 2.75) is 52.6 Å². The number of pyridine rings is 2. The van der Waals surface area contributed by atoms with Crippen LogP contribution in [-0.4, -0.2) is 41.0 Å². The molecule has 6 N–H and O–H groups in total. The molecular formula is C32H38N6O4. The molecule has 2 amide bonds. The van der Waals surface area contributed by atoms with Gasteiger partial charge >= 0.3 is 0 Å². The Bertz CT molecular complexity index is 1540. The molecule has 0 aliphatic carbocycles. The second-order valence-electron chi connectivity index (χ2n) is 9.80. The number of nitrogens with two attached hydrogens (primary N) is 2. The Labute approximate surface area is 245 Å². The molecule has 1 atom stereocenters. The van der Waals surface area contributed by atoms with Crippen molar-refractivity contribution < 1.29 is 19.1 Å². The Morgan fingerprint density at radius 3 is 2.40 bits per heavy atom. The molecule has 42 heavy (non-hydrogen) atoms. The van der Waals surface area contributed by atoms with Crippen LogP contribution >= 0.6 is 0 Å². The number of primary amides is 1. The van der Waals surface area contributed by atoms with Crippen LogP contribution in [0.2, 0.25) is 0 Å². The average Bonchev–Trinajstić information content (AvgIpc) is 2.98. The average molecular weight is 571 g/mol. The molecule has 2 aromatic carbocycles. The Balaban J connectivity index is 1.65. The Morgan fingerprint density at radius 2 is 1.74 bits per heavy atom. The molecule has 4 aromatic rings. The van der Waals surface area contributed by atoms with E-state index in [1.165, 1.54) is 0 Å². The number of rotatable bonds is 14. The molecule has 0 bridgehead atoms. The topological polar surface area (TPSA) is 154 Å². The van der Waals surface area contributed by atoms with Crippen LogP contribution < -0.4 is 31.6 Å². The first-order valence-electron chi connectivity index (χ1n) is 14.1. The van der Waals surface area contributed by atoms with Crippen molar-refractivity contribution in [2.24, 2.45) is 11.5 Å². The summed E-state index contributed by atoms with van der Waals surface area (Å²) in [4.78, 5) is 33.5. The van der Waals surface area contributed by atoms with Gasteiger partial charge in [0.05, 0.1) is 36.9 Å². The van der Waals surface area contributed by atoms with E-state index in [0.717, 1.165) is 27.8 Å². The highest BCUT2D eigenvalue weighted by Gasteiger charge is 2.19. The summed E-state index contributed by atoms with van der Waals surface area (Å²) in [6, 6.07) is 12.6. The molecule has 0 aliphatic rings. The van der Waals surface area contributed by atoms with Gasteiger partial charge in [0, 0.05) is 47.8 Å². The quantitative estimate of drug-likeness (QED) is 0.178. The normalized spacial score (nSPS) is 11.6. The molecular weight excluding hydrogens is 532 g/mol. The van der Waals surface area contributed by atoms with Gasteiger partial charge in [-0.1, -0.05) is 25.1 Å². The van der Waals surface area contributed by atoms with Crippen molar-refractivity contribution in [3.8, 4) is 11.5 Å². The molecule has 10 nitrogen and oxygen atoms in total. The largest absolute Gasteiger partial charge is 0.490 e. The van der Waals surface area contributed by atoms with Gasteiger partial charge in [0.2, 0.25) is 11.8 Å². The minimum absolute atomic E-state index is 0.00841. The lowest BCUT2D eigenvalue weighted by Crippen LogP contribution is -2.41. The maximum Gasteiger partial charge on any atom is 0.237 e. The van der Waals surface area contributed by atoms with Crippen molar-refractivity contribution >= 4 is 34.1 Å². The SMILES string of the molecule is CCOc1cc2ncc(CC(N)=O)c(Nc3cccc(CNC(=O)[C@H](N)Cc4cccnc4)c3CC)c2cc1OCC. The van der Waals surface area contributed by atoms with Crippen molar-refractivity contribution in [3.63, 3.8) is 0 Å². The van der Waals surface area contributed by atoms with E-state index in [9.17, 15) is 9.59 Å². The number of nitrogens with zero attached hydrogens (tertiary/aromatic N) is 2. The number of hydrogen-bond acceptors (Lipinski definition) is 8. The summed E-state index contributed by atoms with van der Waals surface area (Å²) in [5.41, 5.74) is 17.5. The zero-order valence-corrected chi connectivity index (χ0v) is 24.3. The molecule has 0 radical (unpaired) electrons. The fourth-order valence-corrected chi connectivity index (χ4v) is 4.90. The number of carbonyl (C=O) groups is 2. The first-order chi connectivity index (χ1) is 20.3. The van der Waals surface area contributed by atoms with Gasteiger partial charge in [0.15, 0.2) is 11.5 Å². The van der Waals surface area contributed by atoms with Crippen molar-refractivity contribution in [1.82, 2.24) is 15.3 Å². The molecule has 2 aromatic heterocycles. The number of nitrogens with one attached hydrogen (secondary N) is 2. The Kier molecular flexibility index (Phi) is 10.3. The van der Waals surface area contributed by atoms with Gasteiger partial charge in [-0.3, -0.25) is 19.6 Å². The lowest BCUT2D eigenvalue weighted by molar-refractivity contribution is -0.122. The van der Waals surface area contributed by atoms with Crippen molar-refractivity contribution in [2.75, 3.05) is 18.5 Å². The maximum absolute atomic E-state index is 12.8. The van der Waals surface area contributed by atoms with Gasteiger partial charge in [-0.15, -0.1) is 0 Å². The van der Waals surface area contributed by atoms with Crippen LogP contribution in [0.15, 0.2) is 61.1 Å². The molecule has 0 fully saturated rings. The predicted molar refractivity (Wildman–Crippen MR) is 164 cm³/mol. The lowest BCUT2D eigenvalue weighted by Gasteiger charge is -2.20. The molecule has 0 saturated heterocycles. The summed E-state index contributed by atoms with van der Waals surface area (Å²) < 4.78 is 11.7. The molecule has 2 heterocycles. The number of ether oxygens (including phenoxy) is 2. The molecule has 220 valence electrons. The highest BCUT2D eigenvalue weighted by atomic mass is 16.5. The predicted octanol–water partition coefficient (Wildman–Crippen LogP) is 3.95. The summed E-state index contributed by atoms with van der Waals surface area (Å²) in [6.45, 7) is 7.12. The number of hydrogen-bond donors (Lipinski definition) is 4. The third-order valence-electron chi connectivity index (χ3n) is 6.83. The van der Waals surface area contributed by atoms with E-state index < -0.39 is 11.9 Å². The van der Waals surface area contributed by atoms with Gasteiger partial charge in [-0.2, -0.15) is 0 Å². The van der Waals surface area contributed by atoms with Gasteiger partial charge < -0.3 is 31.6 Å². The number of carbonyl (C=O) groups excluding carboxylic acids is 2. The number of aromatic nitrogens is 2. The summed E-state index contributed by atoms with van der Waals surface area (Å²) in [5, 5.41) is 7.30. The van der Waals surface area contributed by atoms with E-state index >= 15 is 0 Å². The maximum atomic E-state index is 12.8. The first-order valence-corrected chi connectivity index (χ1v) is 14.1. The third kappa shape index (κ3) is 7.32.